The zero-order chi connectivity index (χ0) is 20.6. The Bertz CT molecular complexity index is 901. The molecule has 0 spiro atoms. The summed E-state index contributed by atoms with van der Waals surface area (Å²) < 4.78 is 14.2. The number of carbonyl (C=O) groups excluding carboxylic acids is 1. The molecule has 0 aliphatic carbocycles. The summed E-state index contributed by atoms with van der Waals surface area (Å²) in [6, 6.07) is 9.18. The number of pyridine rings is 1. The molecule has 3 heterocycles. The Morgan fingerprint density at radius 1 is 1.28 bits per heavy atom. The van der Waals surface area contributed by atoms with Crippen molar-refractivity contribution in [1.82, 2.24) is 4.90 Å². The first-order valence-electron chi connectivity index (χ1n) is 10.00. The number of nitrogens with two attached hydrogens (primary N) is 1. The quantitative estimate of drug-likeness (QED) is 0.614. The first-order chi connectivity index (χ1) is 13.8. The van der Waals surface area contributed by atoms with Crippen LogP contribution >= 0.6 is 11.6 Å². The van der Waals surface area contributed by atoms with Gasteiger partial charge in [-0.15, -0.1) is 0 Å². The Morgan fingerprint density at radius 2 is 2.03 bits per heavy atom. The van der Waals surface area contributed by atoms with Crippen molar-refractivity contribution in [1.29, 1.82) is 0 Å². The minimum absolute atomic E-state index is 0.150. The smallest absolute Gasteiger partial charge is 0.223 e. The zero-order valence-corrected chi connectivity index (χ0v) is 17.6. The average Bonchev–Trinajstić information content (AvgIpc) is 2.68. The maximum absolute atomic E-state index is 12.8. The van der Waals surface area contributed by atoms with Gasteiger partial charge in [0.2, 0.25) is 18.3 Å². The van der Waals surface area contributed by atoms with Crippen LogP contribution in [0.1, 0.15) is 50.3 Å². The standard InChI is InChI=1S/C22H27ClN3O3/c1-22(2)21(28-14-15-6-8-16(23)9-7-15)20(26-11-4-3-5-19(26)27)17-13-25(24)12-10-18(17)29-22/h6-10,12-13,20-21H,3-5,11,14,24H2,1-2H3/q+1/t20-,21+/m1/s1. The number of nitrogens with zero attached hydrogens (tertiary/aromatic N) is 2. The number of ether oxygens (including phenoxy) is 2. The first-order valence-corrected chi connectivity index (χ1v) is 10.4. The number of carbonyl (C=O) groups is 1. The second-order valence-electron chi connectivity index (χ2n) is 8.26. The Kier molecular flexibility index (Phi) is 5.40. The van der Waals surface area contributed by atoms with E-state index >= 15 is 0 Å². The van der Waals surface area contributed by atoms with Crippen molar-refractivity contribution in [2.75, 3.05) is 12.4 Å². The van der Waals surface area contributed by atoms with Crippen molar-refractivity contribution in [2.24, 2.45) is 0 Å². The van der Waals surface area contributed by atoms with Crippen LogP contribution in [0.2, 0.25) is 5.02 Å². The molecule has 2 N–H and O–H groups in total. The van der Waals surface area contributed by atoms with Gasteiger partial charge in [-0.05, 0) is 44.4 Å². The van der Waals surface area contributed by atoms with E-state index in [4.69, 9.17) is 26.9 Å². The summed E-state index contributed by atoms with van der Waals surface area (Å²) in [5.41, 5.74) is 1.27. The van der Waals surface area contributed by atoms with E-state index in [0.717, 1.165) is 29.7 Å². The predicted molar refractivity (Wildman–Crippen MR) is 110 cm³/mol. The molecule has 0 bridgehead atoms. The molecule has 2 atom stereocenters. The second-order valence-corrected chi connectivity index (χ2v) is 8.70. The van der Waals surface area contributed by atoms with Crippen LogP contribution in [-0.4, -0.2) is 29.1 Å². The third-order valence-electron chi connectivity index (χ3n) is 5.67. The fourth-order valence-corrected chi connectivity index (χ4v) is 4.35. The number of amides is 1. The fourth-order valence-electron chi connectivity index (χ4n) is 4.23. The van der Waals surface area contributed by atoms with Crippen LogP contribution in [-0.2, 0) is 16.1 Å². The van der Waals surface area contributed by atoms with Gasteiger partial charge in [0.1, 0.15) is 17.5 Å². The average molecular weight is 417 g/mol. The van der Waals surface area contributed by atoms with E-state index in [0.29, 0.717) is 24.6 Å². The van der Waals surface area contributed by atoms with E-state index in [1.807, 2.05) is 55.3 Å². The summed E-state index contributed by atoms with van der Waals surface area (Å²) in [4.78, 5) is 14.8. The van der Waals surface area contributed by atoms with Crippen molar-refractivity contribution in [3.63, 3.8) is 0 Å². The van der Waals surface area contributed by atoms with Crippen LogP contribution in [0.25, 0.3) is 0 Å². The summed E-state index contributed by atoms with van der Waals surface area (Å²) in [7, 11) is 0. The van der Waals surface area contributed by atoms with Gasteiger partial charge in [-0.3, -0.25) is 4.79 Å². The molecule has 1 saturated heterocycles. The van der Waals surface area contributed by atoms with Crippen LogP contribution < -0.4 is 15.3 Å². The van der Waals surface area contributed by atoms with Gasteiger partial charge in [-0.1, -0.05) is 28.4 Å². The zero-order valence-electron chi connectivity index (χ0n) is 16.8. The normalized spacial score (nSPS) is 23.4. The highest BCUT2D eigenvalue weighted by atomic mass is 35.5. The van der Waals surface area contributed by atoms with Gasteiger partial charge in [0.05, 0.1) is 18.2 Å². The minimum atomic E-state index is -0.622. The fraction of sp³-hybridized carbons (Fsp3) is 0.455. The predicted octanol–water partition coefficient (Wildman–Crippen LogP) is 3.15. The molecular weight excluding hydrogens is 390 g/mol. The molecule has 1 fully saturated rings. The number of aromatic nitrogens is 1. The third-order valence-corrected chi connectivity index (χ3v) is 5.92. The van der Waals surface area contributed by atoms with E-state index in [9.17, 15) is 4.79 Å². The van der Waals surface area contributed by atoms with Gasteiger partial charge in [-0.25, -0.2) is 5.84 Å². The molecule has 6 nitrogen and oxygen atoms in total. The molecule has 7 heteroatoms. The van der Waals surface area contributed by atoms with E-state index in [1.54, 1.807) is 6.20 Å². The van der Waals surface area contributed by atoms with Crippen LogP contribution in [0.15, 0.2) is 42.7 Å². The Hall–Kier alpha value is -2.31. The number of hydrogen-bond acceptors (Lipinski definition) is 4. The molecule has 0 saturated carbocycles. The van der Waals surface area contributed by atoms with Gasteiger partial charge in [-0.2, -0.15) is 0 Å². The Morgan fingerprint density at radius 3 is 2.76 bits per heavy atom. The molecular formula is C22H27ClN3O3+. The number of likely N-dealkylation sites (tertiary alicyclic amines) is 1. The van der Waals surface area contributed by atoms with Crippen LogP contribution in [0.5, 0.6) is 5.75 Å². The molecule has 1 aromatic heterocycles. The van der Waals surface area contributed by atoms with E-state index < -0.39 is 5.60 Å². The van der Waals surface area contributed by atoms with E-state index in [-0.39, 0.29) is 18.1 Å². The number of hydrogen-bond donors (Lipinski definition) is 1. The van der Waals surface area contributed by atoms with Gasteiger partial charge >= 0.3 is 0 Å². The Balaban J connectivity index is 1.70. The highest BCUT2D eigenvalue weighted by molar-refractivity contribution is 6.30. The van der Waals surface area contributed by atoms with Crippen molar-refractivity contribution in [3.05, 3.63) is 58.9 Å². The van der Waals surface area contributed by atoms with Crippen molar-refractivity contribution >= 4 is 17.5 Å². The van der Waals surface area contributed by atoms with Gasteiger partial charge in [0.25, 0.3) is 0 Å². The van der Waals surface area contributed by atoms with E-state index in [2.05, 4.69) is 0 Å². The SMILES string of the molecule is CC1(C)Oc2cc[n+](N)cc2[C@@H](N2CCCCC2=O)[C@@H]1OCc1ccc(Cl)cc1. The summed E-state index contributed by atoms with van der Waals surface area (Å²) >= 11 is 6.00. The minimum Gasteiger partial charge on any atom is -0.484 e. The molecule has 29 heavy (non-hydrogen) atoms. The molecule has 2 aliphatic heterocycles. The lowest BCUT2D eigenvalue weighted by Crippen LogP contribution is -2.57. The highest BCUT2D eigenvalue weighted by Crippen LogP contribution is 2.44. The molecule has 0 radical (unpaired) electrons. The van der Waals surface area contributed by atoms with Crippen LogP contribution in [0.4, 0.5) is 0 Å². The third kappa shape index (κ3) is 4.05. The lowest BCUT2D eigenvalue weighted by molar-refractivity contribution is -0.639. The molecule has 1 amide bonds. The number of piperidine rings is 1. The molecule has 4 rings (SSSR count). The lowest BCUT2D eigenvalue weighted by Gasteiger charge is -2.48. The molecule has 2 aliphatic rings. The number of nitrogen functional groups attached to an aromatic ring is 1. The maximum Gasteiger partial charge on any atom is 0.223 e. The summed E-state index contributed by atoms with van der Waals surface area (Å²) in [6.45, 7) is 5.12. The largest absolute Gasteiger partial charge is 0.484 e. The number of fused-ring (bicyclic) bond motifs is 1. The van der Waals surface area contributed by atoms with Gasteiger partial charge in [0.15, 0.2) is 0 Å². The van der Waals surface area contributed by atoms with Gasteiger partial charge in [0, 0.05) is 24.1 Å². The number of benzene rings is 1. The number of halogens is 1. The van der Waals surface area contributed by atoms with Crippen LogP contribution in [0, 0.1) is 0 Å². The van der Waals surface area contributed by atoms with E-state index in [1.165, 1.54) is 4.68 Å². The summed E-state index contributed by atoms with van der Waals surface area (Å²) in [5, 5.41) is 0.688. The molecule has 2 aromatic rings. The van der Waals surface area contributed by atoms with Crippen molar-refractivity contribution in [2.45, 2.75) is 57.5 Å². The monoisotopic (exact) mass is 416 g/mol. The topological polar surface area (TPSA) is 68.7 Å². The second kappa shape index (κ2) is 7.84. The van der Waals surface area contributed by atoms with Crippen molar-refractivity contribution in [3.8, 4) is 5.75 Å². The molecule has 0 unspecified atom stereocenters. The molecule has 154 valence electrons. The number of rotatable bonds is 4. The summed E-state index contributed by atoms with van der Waals surface area (Å²) in [6.07, 6.45) is 5.70. The van der Waals surface area contributed by atoms with Gasteiger partial charge < -0.3 is 14.4 Å². The van der Waals surface area contributed by atoms with Crippen molar-refractivity contribution < 1.29 is 18.9 Å². The lowest BCUT2D eigenvalue weighted by atomic mass is 9.85. The highest BCUT2D eigenvalue weighted by Gasteiger charge is 2.49. The maximum atomic E-state index is 12.8. The molecule has 1 aromatic carbocycles. The summed E-state index contributed by atoms with van der Waals surface area (Å²) in [5.74, 6) is 6.90. The van der Waals surface area contributed by atoms with Crippen LogP contribution in [0.3, 0.4) is 0 Å². The Labute approximate surface area is 176 Å². The first kappa shape index (κ1) is 20.0.